The van der Waals surface area contributed by atoms with Gasteiger partial charge in [0.2, 0.25) is 0 Å². The molecule has 15 heavy (non-hydrogen) atoms. The first-order chi connectivity index (χ1) is 6.74. The molecule has 0 fully saturated rings. The van der Waals surface area contributed by atoms with Crippen LogP contribution in [-0.4, -0.2) is 29.0 Å². The third-order valence-corrected chi connectivity index (χ3v) is 1.52. The maximum Gasteiger partial charge on any atom is 0.469 e. The highest BCUT2D eigenvalue weighted by Crippen LogP contribution is 2.34. The van der Waals surface area contributed by atoms with Gasteiger partial charge in [0.15, 0.2) is 0 Å². The van der Waals surface area contributed by atoms with E-state index in [9.17, 15) is 9.36 Å². The summed E-state index contributed by atoms with van der Waals surface area (Å²) in [6, 6.07) is 0. The van der Waals surface area contributed by atoms with E-state index in [4.69, 9.17) is 9.79 Å². The Bertz CT molecular complexity index is 244. The fourth-order valence-electron chi connectivity index (χ4n) is 0.422. The van der Waals surface area contributed by atoms with Gasteiger partial charge in [-0.3, -0.25) is 4.52 Å². The lowest BCUT2D eigenvalue weighted by Crippen LogP contribution is -2.03. The van der Waals surface area contributed by atoms with E-state index in [1.165, 1.54) is 6.92 Å². The number of carbonyl (C=O) groups excluding carboxylic acids is 1. The topological polar surface area (TPSA) is 93.1 Å². The van der Waals surface area contributed by atoms with Crippen LogP contribution in [0.2, 0.25) is 0 Å². The number of hydrogen-bond donors (Lipinski definition) is 2. The molecule has 0 atom stereocenters. The van der Waals surface area contributed by atoms with Crippen LogP contribution in [0.1, 0.15) is 20.8 Å². The van der Waals surface area contributed by atoms with E-state index in [-0.39, 0.29) is 12.6 Å². The summed E-state index contributed by atoms with van der Waals surface area (Å²) in [7, 11) is -4.17. The second-order valence-electron chi connectivity index (χ2n) is 2.41. The van der Waals surface area contributed by atoms with E-state index in [0.29, 0.717) is 12.2 Å². The number of hydrogen-bond acceptors (Lipinski definition) is 4. The van der Waals surface area contributed by atoms with Crippen molar-refractivity contribution in [2.24, 2.45) is 0 Å². The minimum Gasteiger partial charge on any atom is -0.463 e. The molecule has 2 N–H and O–H groups in total. The molecule has 0 aromatic rings. The zero-order valence-corrected chi connectivity index (χ0v) is 9.99. The minimum atomic E-state index is -4.17. The Morgan fingerprint density at radius 1 is 1.33 bits per heavy atom. The third kappa shape index (κ3) is 16.0. The highest BCUT2D eigenvalue weighted by atomic mass is 31.2. The highest BCUT2D eigenvalue weighted by Gasteiger charge is 2.10. The van der Waals surface area contributed by atoms with Crippen molar-refractivity contribution in [3.63, 3.8) is 0 Å². The Hall–Kier alpha value is -0.680. The molecule has 0 aromatic carbocycles. The van der Waals surface area contributed by atoms with E-state index < -0.39 is 7.82 Å². The zero-order chi connectivity index (χ0) is 12.5. The first-order valence-electron chi connectivity index (χ1n) is 4.27. The van der Waals surface area contributed by atoms with Crippen molar-refractivity contribution in [2.45, 2.75) is 20.8 Å². The number of esters is 1. The third-order valence-electron chi connectivity index (χ3n) is 0.921. The Balaban J connectivity index is 0. The molecule has 6 nitrogen and oxygen atoms in total. The van der Waals surface area contributed by atoms with Crippen molar-refractivity contribution in [3.8, 4) is 0 Å². The summed E-state index contributed by atoms with van der Waals surface area (Å²) in [5.41, 5.74) is 0.451. The number of ether oxygens (including phenoxy) is 1. The molecule has 0 rings (SSSR count). The SMILES string of the molecule is C=C(C)C(=O)OCC.CCOP(=O)(O)O. The quantitative estimate of drug-likeness (QED) is 0.436. The van der Waals surface area contributed by atoms with Crippen LogP contribution in [0, 0.1) is 0 Å². The van der Waals surface area contributed by atoms with Gasteiger partial charge in [-0.2, -0.15) is 0 Å². The van der Waals surface area contributed by atoms with E-state index >= 15 is 0 Å². The van der Waals surface area contributed by atoms with Gasteiger partial charge in [-0.05, 0) is 20.8 Å². The molecule has 0 saturated heterocycles. The maximum atomic E-state index is 10.4. The highest BCUT2D eigenvalue weighted by molar-refractivity contribution is 7.46. The molecule has 0 amide bonds. The van der Waals surface area contributed by atoms with E-state index in [1.807, 2.05) is 0 Å². The maximum absolute atomic E-state index is 10.4. The van der Waals surface area contributed by atoms with Gasteiger partial charge in [0.05, 0.1) is 13.2 Å². The van der Waals surface area contributed by atoms with E-state index in [0.717, 1.165) is 0 Å². The van der Waals surface area contributed by atoms with E-state index in [1.54, 1.807) is 13.8 Å². The van der Waals surface area contributed by atoms with Crippen LogP contribution in [0.5, 0.6) is 0 Å². The monoisotopic (exact) mass is 240 g/mol. The lowest BCUT2D eigenvalue weighted by atomic mass is 10.4. The summed E-state index contributed by atoms with van der Waals surface area (Å²) in [6.45, 7) is 8.77. The summed E-state index contributed by atoms with van der Waals surface area (Å²) in [5, 5.41) is 0. The molecule has 0 aliphatic rings. The first kappa shape index (κ1) is 16.7. The van der Waals surface area contributed by atoms with Crippen molar-refractivity contribution in [2.75, 3.05) is 13.2 Å². The summed E-state index contributed by atoms with van der Waals surface area (Å²) in [6.07, 6.45) is 0. The molecular formula is C8H17O6P. The Kier molecular flexibility index (Phi) is 9.61. The summed E-state index contributed by atoms with van der Waals surface area (Å²) in [4.78, 5) is 26.2. The molecule has 0 bridgehead atoms. The van der Waals surface area contributed by atoms with Crippen LogP contribution in [0.25, 0.3) is 0 Å². The lowest BCUT2D eigenvalue weighted by molar-refractivity contribution is -0.138. The minimum absolute atomic E-state index is 0.0459. The van der Waals surface area contributed by atoms with Gasteiger partial charge in [0.25, 0.3) is 0 Å². The number of carbonyl (C=O) groups is 1. The molecule has 0 unspecified atom stereocenters. The average molecular weight is 240 g/mol. The fourth-order valence-corrected chi connectivity index (χ4v) is 0.759. The van der Waals surface area contributed by atoms with Crippen molar-refractivity contribution in [1.82, 2.24) is 0 Å². The predicted molar refractivity (Wildman–Crippen MR) is 55.1 cm³/mol. The summed E-state index contributed by atoms with van der Waals surface area (Å²) in [5.74, 6) is -0.312. The molecule has 0 heterocycles. The fraction of sp³-hybridized carbons (Fsp3) is 0.625. The zero-order valence-electron chi connectivity index (χ0n) is 9.10. The molecule has 0 aliphatic heterocycles. The Morgan fingerprint density at radius 3 is 1.87 bits per heavy atom. The Labute approximate surface area is 89.1 Å². The first-order valence-corrected chi connectivity index (χ1v) is 5.80. The summed E-state index contributed by atoms with van der Waals surface area (Å²) < 4.78 is 18.2. The molecule has 7 heteroatoms. The normalized spacial score (nSPS) is 9.93. The van der Waals surface area contributed by atoms with Gasteiger partial charge >= 0.3 is 13.8 Å². The molecule has 0 aliphatic carbocycles. The van der Waals surface area contributed by atoms with Gasteiger partial charge < -0.3 is 14.5 Å². The van der Waals surface area contributed by atoms with Crippen molar-refractivity contribution >= 4 is 13.8 Å². The predicted octanol–water partition coefficient (Wildman–Crippen LogP) is 1.24. The van der Waals surface area contributed by atoms with E-state index in [2.05, 4.69) is 15.8 Å². The molecular weight excluding hydrogens is 223 g/mol. The second kappa shape index (κ2) is 8.61. The molecule has 0 aromatic heterocycles. The van der Waals surface area contributed by atoms with Crippen LogP contribution in [-0.2, 0) is 18.6 Å². The van der Waals surface area contributed by atoms with Crippen LogP contribution in [0.4, 0.5) is 0 Å². The second-order valence-corrected chi connectivity index (χ2v) is 3.65. The van der Waals surface area contributed by atoms with Gasteiger partial charge in [0, 0.05) is 5.57 Å². The summed E-state index contributed by atoms with van der Waals surface area (Å²) >= 11 is 0. The molecule has 0 saturated carbocycles. The molecule has 90 valence electrons. The number of rotatable bonds is 4. The standard InChI is InChI=1S/C6H10O2.C2H7O4P/c1-4-8-6(7)5(2)3;1-2-6-7(3,4)5/h2,4H2,1,3H3;2H2,1H3,(H2,3,4,5). The lowest BCUT2D eigenvalue weighted by Gasteiger charge is -1.98. The van der Waals surface area contributed by atoms with Gasteiger partial charge in [-0.25, -0.2) is 9.36 Å². The van der Waals surface area contributed by atoms with Crippen molar-refractivity contribution in [3.05, 3.63) is 12.2 Å². The van der Waals surface area contributed by atoms with Crippen LogP contribution >= 0.6 is 7.82 Å². The number of phosphoric acid groups is 1. The molecule has 0 radical (unpaired) electrons. The van der Waals surface area contributed by atoms with Crippen LogP contribution in [0.15, 0.2) is 12.2 Å². The van der Waals surface area contributed by atoms with Gasteiger partial charge in [-0.15, -0.1) is 0 Å². The van der Waals surface area contributed by atoms with Crippen LogP contribution < -0.4 is 0 Å². The average Bonchev–Trinajstić information content (AvgIpc) is 2.03. The molecule has 0 spiro atoms. The number of phosphoric ester groups is 1. The van der Waals surface area contributed by atoms with Crippen LogP contribution in [0.3, 0.4) is 0 Å². The van der Waals surface area contributed by atoms with Crippen molar-refractivity contribution in [1.29, 1.82) is 0 Å². The smallest absolute Gasteiger partial charge is 0.463 e. The van der Waals surface area contributed by atoms with Gasteiger partial charge in [-0.1, -0.05) is 6.58 Å². The van der Waals surface area contributed by atoms with Crippen molar-refractivity contribution < 1.29 is 28.4 Å². The Morgan fingerprint density at radius 2 is 1.80 bits per heavy atom. The van der Waals surface area contributed by atoms with Gasteiger partial charge in [0.1, 0.15) is 0 Å². The largest absolute Gasteiger partial charge is 0.469 e.